The molecule has 0 unspecified atom stereocenters. The molecule has 1 N–H and O–H groups in total. The molecule has 0 fully saturated rings. The van der Waals surface area contributed by atoms with Crippen molar-refractivity contribution in [2.24, 2.45) is 0 Å². The molecule has 0 saturated carbocycles. The second kappa shape index (κ2) is 3.62. The number of pyridine rings is 1. The lowest BCUT2D eigenvalue weighted by Gasteiger charge is -2.03. The lowest BCUT2D eigenvalue weighted by Crippen LogP contribution is -2.00. The normalized spacial score (nSPS) is 8.73. The van der Waals surface area contributed by atoms with Crippen LogP contribution in [0, 0.1) is 19.3 Å². The first-order valence-electron chi connectivity index (χ1n) is 3.42. The maximum absolute atomic E-state index is 5.09. The van der Waals surface area contributed by atoms with E-state index < -0.39 is 0 Å². The zero-order chi connectivity index (χ0) is 8.10. The van der Waals surface area contributed by atoms with Crippen molar-refractivity contribution in [3.05, 3.63) is 24.0 Å². The molecule has 1 heterocycles. The quantitative estimate of drug-likeness (QED) is 0.638. The van der Waals surface area contributed by atoms with Gasteiger partial charge in [-0.25, -0.2) is 0 Å². The Bertz CT molecular complexity index is 273. The predicted octanol–water partition coefficient (Wildman–Crippen LogP) is 1.44. The number of nitrogens with one attached hydrogen (secondary N) is 1. The van der Waals surface area contributed by atoms with Crippen LogP contribution in [-0.4, -0.2) is 11.5 Å². The topological polar surface area (TPSA) is 24.9 Å². The summed E-state index contributed by atoms with van der Waals surface area (Å²) in [4.78, 5) is 3.97. The summed E-state index contributed by atoms with van der Waals surface area (Å²) in [5.41, 5.74) is 2.17. The third-order valence-corrected chi connectivity index (χ3v) is 1.42. The standard InChI is InChI=1S/C9H10N2/c1-3-5-11-9-7-10-6-4-8(9)2/h1,4,6-7,11H,5H2,2H3. The molecule has 1 rings (SSSR count). The van der Waals surface area contributed by atoms with E-state index in [2.05, 4.69) is 16.2 Å². The molecule has 0 spiro atoms. The van der Waals surface area contributed by atoms with Gasteiger partial charge in [0, 0.05) is 6.20 Å². The number of aryl methyl sites for hydroxylation is 1. The minimum Gasteiger partial charge on any atom is -0.373 e. The van der Waals surface area contributed by atoms with Gasteiger partial charge in [-0.05, 0) is 18.6 Å². The molecule has 1 aromatic rings. The van der Waals surface area contributed by atoms with E-state index in [0.29, 0.717) is 6.54 Å². The highest BCUT2D eigenvalue weighted by atomic mass is 14.9. The number of aromatic nitrogens is 1. The van der Waals surface area contributed by atoms with Crippen molar-refractivity contribution < 1.29 is 0 Å². The van der Waals surface area contributed by atoms with Crippen LogP contribution >= 0.6 is 0 Å². The first-order valence-corrected chi connectivity index (χ1v) is 3.42. The summed E-state index contributed by atoms with van der Waals surface area (Å²) in [6.45, 7) is 2.56. The van der Waals surface area contributed by atoms with Crippen LogP contribution in [0.5, 0.6) is 0 Å². The van der Waals surface area contributed by atoms with Crippen molar-refractivity contribution in [3.63, 3.8) is 0 Å². The Labute approximate surface area is 66.7 Å². The minimum atomic E-state index is 0.548. The zero-order valence-electron chi connectivity index (χ0n) is 6.46. The van der Waals surface area contributed by atoms with Crippen molar-refractivity contribution in [3.8, 4) is 12.3 Å². The van der Waals surface area contributed by atoms with Crippen LogP contribution in [-0.2, 0) is 0 Å². The molecule has 0 atom stereocenters. The first kappa shape index (κ1) is 7.62. The summed E-state index contributed by atoms with van der Waals surface area (Å²) in [5, 5.41) is 3.06. The third-order valence-electron chi connectivity index (χ3n) is 1.42. The Kier molecular flexibility index (Phi) is 2.51. The Morgan fingerprint density at radius 1 is 1.73 bits per heavy atom. The summed E-state index contributed by atoms with van der Waals surface area (Å²) in [6.07, 6.45) is 8.62. The fourth-order valence-corrected chi connectivity index (χ4v) is 0.795. The summed E-state index contributed by atoms with van der Waals surface area (Å²) in [7, 11) is 0. The second-order valence-corrected chi connectivity index (χ2v) is 2.25. The number of hydrogen-bond acceptors (Lipinski definition) is 2. The second-order valence-electron chi connectivity index (χ2n) is 2.25. The van der Waals surface area contributed by atoms with Crippen LogP contribution in [0.25, 0.3) is 0 Å². The van der Waals surface area contributed by atoms with Gasteiger partial charge in [-0.3, -0.25) is 4.98 Å². The van der Waals surface area contributed by atoms with Gasteiger partial charge in [0.1, 0.15) is 0 Å². The number of terminal acetylenes is 1. The predicted molar refractivity (Wildman–Crippen MR) is 46.3 cm³/mol. The van der Waals surface area contributed by atoms with Crippen LogP contribution in [0.2, 0.25) is 0 Å². The fourth-order valence-electron chi connectivity index (χ4n) is 0.795. The molecule has 56 valence electrons. The number of rotatable bonds is 2. The zero-order valence-corrected chi connectivity index (χ0v) is 6.46. The van der Waals surface area contributed by atoms with E-state index in [0.717, 1.165) is 11.3 Å². The van der Waals surface area contributed by atoms with E-state index in [1.54, 1.807) is 12.4 Å². The van der Waals surface area contributed by atoms with Gasteiger partial charge in [0.15, 0.2) is 0 Å². The first-order chi connectivity index (χ1) is 5.34. The number of hydrogen-bond donors (Lipinski definition) is 1. The summed E-state index contributed by atoms with van der Waals surface area (Å²) in [6, 6.07) is 1.94. The van der Waals surface area contributed by atoms with Crippen LogP contribution in [0.1, 0.15) is 5.56 Å². The van der Waals surface area contributed by atoms with Crippen LogP contribution < -0.4 is 5.32 Å². The van der Waals surface area contributed by atoms with E-state index in [9.17, 15) is 0 Å². The molecule has 0 bridgehead atoms. The summed E-state index contributed by atoms with van der Waals surface area (Å²) >= 11 is 0. The highest BCUT2D eigenvalue weighted by Crippen LogP contribution is 2.09. The third kappa shape index (κ3) is 1.98. The van der Waals surface area contributed by atoms with Crippen molar-refractivity contribution in [2.75, 3.05) is 11.9 Å². The van der Waals surface area contributed by atoms with E-state index in [1.807, 2.05) is 13.0 Å². The van der Waals surface area contributed by atoms with Crippen LogP contribution in [0.3, 0.4) is 0 Å². The van der Waals surface area contributed by atoms with Gasteiger partial charge in [0.2, 0.25) is 0 Å². The summed E-state index contributed by atoms with van der Waals surface area (Å²) in [5.74, 6) is 2.50. The highest BCUT2D eigenvalue weighted by Gasteiger charge is 1.92. The SMILES string of the molecule is C#CCNc1cnccc1C. The maximum Gasteiger partial charge on any atom is 0.0763 e. The molecule has 0 radical (unpaired) electrons. The maximum atomic E-state index is 5.09. The monoisotopic (exact) mass is 146 g/mol. The molecular weight excluding hydrogens is 136 g/mol. The van der Waals surface area contributed by atoms with Crippen LogP contribution in [0.15, 0.2) is 18.5 Å². The molecule has 1 aromatic heterocycles. The highest BCUT2D eigenvalue weighted by molar-refractivity contribution is 5.48. The van der Waals surface area contributed by atoms with Gasteiger partial charge >= 0.3 is 0 Å². The molecule has 0 aliphatic carbocycles. The van der Waals surface area contributed by atoms with Gasteiger partial charge in [0.05, 0.1) is 18.4 Å². The van der Waals surface area contributed by atoms with E-state index in [4.69, 9.17) is 6.42 Å². The Morgan fingerprint density at radius 3 is 3.18 bits per heavy atom. The van der Waals surface area contributed by atoms with Crippen molar-refractivity contribution in [1.29, 1.82) is 0 Å². The molecule has 0 saturated heterocycles. The minimum absolute atomic E-state index is 0.548. The van der Waals surface area contributed by atoms with Crippen molar-refractivity contribution in [2.45, 2.75) is 6.92 Å². The smallest absolute Gasteiger partial charge is 0.0763 e. The molecular formula is C9H10N2. The van der Waals surface area contributed by atoms with Crippen LogP contribution in [0.4, 0.5) is 5.69 Å². The van der Waals surface area contributed by atoms with E-state index in [-0.39, 0.29) is 0 Å². The average molecular weight is 146 g/mol. The van der Waals surface area contributed by atoms with Crippen molar-refractivity contribution in [1.82, 2.24) is 4.98 Å². The van der Waals surface area contributed by atoms with E-state index in [1.165, 1.54) is 0 Å². The lowest BCUT2D eigenvalue weighted by atomic mass is 10.2. The van der Waals surface area contributed by atoms with Crippen molar-refractivity contribution >= 4 is 5.69 Å². The average Bonchev–Trinajstić information content (AvgIpc) is 2.03. The number of anilines is 1. The molecule has 0 aliphatic rings. The van der Waals surface area contributed by atoms with Gasteiger partial charge in [0.25, 0.3) is 0 Å². The number of nitrogens with zero attached hydrogens (tertiary/aromatic N) is 1. The molecule has 11 heavy (non-hydrogen) atoms. The lowest BCUT2D eigenvalue weighted by molar-refractivity contribution is 1.24. The van der Waals surface area contributed by atoms with Gasteiger partial charge in [-0.1, -0.05) is 5.92 Å². The Hall–Kier alpha value is -1.49. The van der Waals surface area contributed by atoms with Gasteiger partial charge in [-0.2, -0.15) is 0 Å². The van der Waals surface area contributed by atoms with Gasteiger partial charge in [-0.15, -0.1) is 6.42 Å². The molecule has 2 heteroatoms. The fraction of sp³-hybridized carbons (Fsp3) is 0.222. The largest absolute Gasteiger partial charge is 0.373 e. The van der Waals surface area contributed by atoms with E-state index >= 15 is 0 Å². The molecule has 2 nitrogen and oxygen atoms in total. The molecule has 0 aromatic carbocycles. The molecule has 0 aliphatic heterocycles. The molecule has 0 amide bonds. The summed E-state index contributed by atoms with van der Waals surface area (Å²) < 4.78 is 0. The Morgan fingerprint density at radius 2 is 2.55 bits per heavy atom. The Balaban J connectivity index is 2.71. The van der Waals surface area contributed by atoms with Gasteiger partial charge < -0.3 is 5.32 Å².